The highest BCUT2D eigenvalue weighted by molar-refractivity contribution is 5.99. The molecule has 1 aliphatic carbocycles. The van der Waals surface area contributed by atoms with Gasteiger partial charge in [-0.25, -0.2) is 4.79 Å². The minimum Gasteiger partial charge on any atom is -0.464 e. The molecular weight excluding hydrogens is 282 g/mol. The van der Waals surface area contributed by atoms with E-state index in [9.17, 15) is 14.4 Å². The van der Waals surface area contributed by atoms with E-state index in [2.05, 4.69) is 5.32 Å². The summed E-state index contributed by atoms with van der Waals surface area (Å²) >= 11 is 0. The Hall–Kier alpha value is -1.39. The van der Waals surface area contributed by atoms with Crippen molar-refractivity contribution in [3.8, 4) is 0 Å². The number of nitrogens with one attached hydrogen (secondary N) is 1. The molecule has 124 valence electrons. The van der Waals surface area contributed by atoms with E-state index in [0.717, 1.165) is 18.8 Å². The minimum atomic E-state index is -0.563. The smallest absolute Gasteiger partial charge is 0.328 e. The zero-order valence-corrected chi connectivity index (χ0v) is 13.3. The van der Waals surface area contributed by atoms with Crippen molar-refractivity contribution in [2.45, 2.75) is 76.7 Å². The first-order valence-corrected chi connectivity index (χ1v) is 8.63. The molecule has 0 aromatic carbocycles. The summed E-state index contributed by atoms with van der Waals surface area (Å²) in [7, 11) is 0. The van der Waals surface area contributed by atoms with Crippen molar-refractivity contribution in [3.63, 3.8) is 0 Å². The van der Waals surface area contributed by atoms with E-state index in [4.69, 9.17) is 4.74 Å². The molecule has 0 aromatic heterocycles. The van der Waals surface area contributed by atoms with Crippen LogP contribution in [0, 0.1) is 5.92 Å². The Bertz CT molecular complexity index is 403. The lowest BCUT2D eigenvalue weighted by Crippen LogP contribution is -2.38. The van der Waals surface area contributed by atoms with Crippen LogP contribution in [0.25, 0.3) is 0 Å². The van der Waals surface area contributed by atoms with Gasteiger partial charge < -0.3 is 10.1 Å². The monoisotopic (exact) mass is 309 g/mol. The van der Waals surface area contributed by atoms with Crippen molar-refractivity contribution in [1.82, 2.24) is 5.32 Å². The van der Waals surface area contributed by atoms with Gasteiger partial charge in [-0.05, 0) is 12.3 Å². The van der Waals surface area contributed by atoms with Crippen LogP contribution in [0.2, 0.25) is 0 Å². The van der Waals surface area contributed by atoms with Gasteiger partial charge in [0, 0.05) is 12.8 Å². The summed E-state index contributed by atoms with van der Waals surface area (Å²) < 4.78 is 4.76. The van der Waals surface area contributed by atoms with Gasteiger partial charge in [0.05, 0.1) is 13.0 Å². The van der Waals surface area contributed by atoms with Gasteiger partial charge in [0.15, 0.2) is 0 Å². The quantitative estimate of drug-likeness (QED) is 0.361. The van der Waals surface area contributed by atoms with Crippen LogP contribution in [0.3, 0.4) is 0 Å². The number of ether oxygens (including phenoxy) is 1. The molecule has 1 N–H and O–H groups in total. The third-order valence-corrected chi connectivity index (χ3v) is 4.39. The summed E-state index contributed by atoms with van der Waals surface area (Å²) in [4.78, 5) is 34.6. The van der Waals surface area contributed by atoms with E-state index in [0.29, 0.717) is 19.4 Å². The summed E-state index contributed by atoms with van der Waals surface area (Å²) in [6.07, 6.45) is 10.8. The maximum atomic E-state index is 11.7. The van der Waals surface area contributed by atoms with Crippen LogP contribution >= 0.6 is 0 Å². The number of unbranched alkanes of at least 4 members (excludes halogenated alkanes) is 4. The van der Waals surface area contributed by atoms with E-state index in [1.807, 2.05) is 0 Å². The molecule has 1 heterocycles. The molecule has 0 aromatic rings. The molecule has 1 atom stereocenters. The Kier molecular flexibility index (Phi) is 6.87. The number of Topliss-reactive ketones (excluding diaryl/α,β-unsaturated/α-hetero) is 1. The fraction of sp³-hybridized carbons (Fsp3) is 0.824. The number of rotatable bonds is 11. The van der Waals surface area contributed by atoms with Crippen molar-refractivity contribution in [3.05, 3.63) is 0 Å². The normalized spacial score (nSPS) is 20.7. The molecule has 2 rings (SSSR count). The second kappa shape index (κ2) is 8.91. The van der Waals surface area contributed by atoms with Crippen molar-refractivity contribution in [2.24, 2.45) is 5.92 Å². The predicted octanol–water partition coefficient (Wildman–Crippen LogP) is 2.52. The summed E-state index contributed by atoms with van der Waals surface area (Å²) in [5.41, 5.74) is 0. The molecular formula is C17H27NO4. The van der Waals surface area contributed by atoms with E-state index < -0.39 is 12.0 Å². The second-order valence-corrected chi connectivity index (χ2v) is 6.54. The lowest BCUT2D eigenvalue weighted by Gasteiger charge is -2.08. The number of carbonyl (C=O) groups excluding carboxylic acids is 3. The second-order valence-electron chi connectivity index (χ2n) is 6.54. The van der Waals surface area contributed by atoms with Gasteiger partial charge in [-0.1, -0.05) is 44.9 Å². The maximum absolute atomic E-state index is 11.7. The van der Waals surface area contributed by atoms with Crippen molar-refractivity contribution >= 4 is 17.7 Å². The number of amides is 1. The average molecular weight is 309 g/mol. The van der Waals surface area contributed by atoms with Crippen LogP contribution in [0.5, 0.6) is 0 Å². The highest BCUT2D eigenvalue weighted by Gasteiger charge is 2.28. The highest BCUT2D eigenvalue weighted by Crippen LogP contribution is 2.34. The van der Waals surface area contributed by atoms with E-state index in [-0.39, 0.29) is 18.1 Å². The Balaban J connectivity index is 1.44. The van der Waals surface area contributed by atoms with Gasteiger partial charge in [0.2, 0.25) is 5.91 Å². The minimum absolute atomic E-state index is 0.0400. The van der Waals surface area contributed by atoms with Gasteiger partial charge in [-0.3, -0.25) is 9.59 Å². The first-order chi connectivity index (χ1) is 10.6. The van der Waals surface area contributed by atoms with E-state index in [1.54, 1.807) is 0 Å². The first-order valence-electron chi connectivity index (χ1n) is 8.63. The molecule has 0 radical (unpaired) electrons. The summed E-state index contributed by atoms with van der Waals surface area (Å²) in [5, 5.41) is 2.56. The van der Waals surface area contributed by atoms with Crippen LogP contribution in [-0.2, 0) is 19.1 Å². The topological polar surface area (TPSA) is 72.5 Å². The predicted molar refractivity (Wildman–Crippen MR) is 82.2 cm³/mol. The van der Waals surface area contributed by atoms with Crippen molar-refractivity contribution < 1.29 is 19.1 Å². The van der Waals surface area contributed by atoms with Crippen molar-refractivity contribution in [2.75, 3.05) is 6.61 Å². The molecule has 1 amide bonds. The molecule has 2 aliphatic rings. The number of cyclic esters (lactones) is 1. The SMILES string of the molecule is O=C(CCCCCCCC1CC1)CC(=O)N[C@H]1CCOC1=O. The largest absolute Gasteiger partial charge is 0.464 e. The fourth-order valence-electron chi connectivity index (χ4n) is 2.83. The van der Waals surface area contributed by atoms with Gasteiger partial charge in [-0.15, -0.1) is 0 Å². The molecule has 1 saturated heterocycles. The van der Waals surface area contributed by atoms with Crippen LogP contribution in [-0.4, -0.2) is 30.3 Å². The summed E-state index contributed by atoms with van der Waals surface area (Å²) in [6, 6.07) is -0.563. The summed E-state index contributed by atoms with van der Waals surface area (Å²) in [5.74, 6) is 0.212. The zero-order chi connectivity index (χ0) is 15.8. The van der Waals surface area contributed by atoms with Crippen molar-refractivity contribution in [1.29, 1.82) is 0 Å². The van der Waals surface area contributed by atoms with Crippen LogP contribution < -0.4 is 5.32 Å². The first kappa shape index (κ1) is 17.0. The molecule has 5 nitrogen and oxygen atoms in total. The van der Waals surface area contributed by atoms with E-state index >= 15 is 0 Å². The number of ketones is 1. The Morgan fingerprint density at radius 1 is 1.05 bits per heavy atom. The number of esters is 1. The third kappa shape index (κ3) is 6.58. The standard InChI is InChI=1S/C17H27NO4/c19-14(7-5-3-1-2-4-6-13-8-9-13)12-16(20)18-15-10-11-22-17(15)21/h13,15H,1-12H2,(H,18,20)/t15-/m0/s1. The highest BCUT2D eigenvalue weighted by atomic mass is 16.5. The van der Waals surface area contributed by atoms with Gasteiger partial charge in [0.25, 0.3) is 0 Å². The van der Waals surface area contributed by atoms with Gasteiger partial charge in [0.1, 0.15) is 11.8 Å². The van der Waals surface area contributed by atoms with Crippen LogP contribution in [0.4, 0.5) is 0 Å². The Morgan fingerprint density at radius 3 is 2.45 bits per heavy atom. The molecule has 0 unspecified atom stereocenters. The third-order valence-electron chi connectivity index (χ3n) is 4.39. The molecule has 0 bridgehead atoms. The van der Waals surface area contributed by atoms with Gasteiger partial charge in [-0.2, -0.15) is 0 Å². The molecule has 1 aliphatic heterocycles. The maximum Gasteiger partial charge on any atom is 0.328 e. The van der Waals surface area contributed by atoms with E-state index in [1.165, 1.54) is 38.5 Å². The number of hydrogen-bond donors (Lipinski definition) is 1. The Labute approximate surface area is 132 Å². The number of carbonyl (C=O) groups is 3. The zero-order valence-electron chi connectivity index (χ0n) is 13.3. The molecule has 22 heavy (non-hydrogen) atoms. The average Bonchev–Trinajstić information content (AvgIpc) is 3.21. The molecule has 5 heteroatoms. The number of hydrogen-bond acceptors (Lipinski definition) is 4. The molecule has 0 spiro atoms. The fourth-order valence-corrected chi connectivity index (χ4v) is 2.83. The molecule has 1 saturated carbocycles. The lowest BCUT2D eigenvalue weighted by atomic mass is 10.1. The lowest BCUT2D eigenvalue weighted by molar-refractivity contribution is -0.142. The van der Waals surface area contributed by atoms with Crippen LogP contribution in [0.15, 0.2) is 0 Å². The van der Waals surface area contributed by atoms with Crippen LogP contribution in [0.1, 0.15) is 70.6 Å². The molecule has 2 fully saturated rings. The van der Waals surface area contributed by atoms with Gasteiger partial charge >= 0.3 is 5.97 Å². The summed E-state index contributed by atoms with van der Waals surface area (Å²) in [6.45, 7) is 0.346. The Morgan fingerprint density at radius 2 is 1.77 bits per heavy atom.